The average Bonchev–Trinajstić information content (AvgIpc) is 3.09. The second-order valence-corrected chi connectivity index (χ2v) is 3.62. The summed E-state index contributed by atoms with van der Waals surface area (Å²) in [6, 6.07) is 5.08. The molecule has 1 saturated carbocycles. The first-order chi connectivity index (χ1) is 7.20. The molecule has 0 amide bonds. The summed E-state index contributed by atoms with van der Waals surface area (Å²) in [5.41, 5.74) is -0.608. The minimum Gasteiger partial charge on any atom is -0.468 e. The van der Waals surface area contributed by atoms with Crippen LogP contribution in [0.15, 0.2) is 24.4 Å². The fourth-order valence-corrected chi connectivity index (χ4v) is 1.59. The lowest BCUT2D eigenvalue weighted by Gasteiger charge is -2.09. The highest BCUT2D eigenvalue weighted by Gasteiger charge is 2.58. The number of rotatable bonds is 3. The van der Waals surface area contributed by atoms with Crippen LogP contribution in [0.5, 0.6) is 0 Å². The first kappa shape index (κ1) is 9.83. The molecule has 0 atom stereocenters. The van der Waals surface area contributed by atoms with Gasteiger partial charge in [0.1, 0.15) is 11.1 Å². The Labute approximate surface area is 87.3 Å². The molecule has 4 nitrogen and oxygen atoms in total. The first-order valence-electron chi connectivity index (χ1n) is 4.75. The van der Waals surface area contributed by atoms with Crippen LogP contribution < -0.4 is 0 Å². The molecule has 1 aliphatic carbocycles. The van der Waals surface area contributed by atoms with Crippen molar-refractivity contribution >= 4 is 11.8 Å². The number of pyridine rings is 1. The van der Waals surface area contributed by atoms with Gasteiger partial charge in [-0.25, -0.2) is 0 Å². The quantitative estimate of drug-likeness (QED) is 0.423. The van der Waals surface area contributed by atoms with Gasteiger partial charge in [-0.1, -0.05) is 6.07 Å². The number of ether oxygens (including phenoxy) is 1. The zero-order valence-corrected chi connectivity index (χ0v) is 8.40. The van der Waals surface area contributed by atoms with Crippen LogP contribution in [-0.2, 0) is 9.53 Å². The molecular weight excluding hydrogens is 194 g/mol. The maximum absolute atomic E-state index is 12.0. The van der Waals surface area contributed by atoms with Crippen LogP contribution in [0, 0.1) is 5.41 Å². The second kappa shape index (κ2) is 3.46. The maximum Gasteiger partial charge on any atom is 0.319 e. The highest BCUT2D eigenvalue weighted by molar-refractivity contribution is 6.13. The van der Waals surface area contributed by atoms with E-state index in [2.05, 4.69) is 9.72 Å². The van der Waals surface area contributed by atoms with E-state index >= 15 is 0 Å². The van der Waals surface area contributed by atoms with E-state index in [1.54, 1.807) is 24.4 Å². The van der Waals surface area contributed by atoms with Crippen LogP contribution >= 0.6 is 0 Å². The number of carbonyl (C=O) groups is 2. The first-order valence-corrected chi connectivity index (χ1v) is 4.75. The maximum atomic E-state index is 12.0. The van der Waals surface area contributed by atoms with Crippen molar-refractivity contribution in [3.8, 4) is 0 Å². The normalized spacial score (nSPS) is 16.9. The summed E-state index contributed by atoms with van der Waals surface area (Å²) >= 11 is 0. The van der Waals surface area contributed by atoms with E-state index in [0.717, 1.165) is 0 Å². The largest absolute Gasteiger partial charge is 0.468 e. The summed E-state index contributed by atoms with van der Waals surface area (Å²) in [6.45, 7) is 0. The average molecular weight is 205 g/mol. The summed E-state index contributed by atoms with van der Waals surface area (Å²) in [4.78, 5) is 27.4. The number of ketones is 1. The van der Waals surface area contributed by atoms with Gasteiger partial charge in [0.2, 0.25) is 0 Å². The van der Waals surface area contributed by atoms with Crippen molar-refractivity contribution in [3.63, 3.8) is 0 Å². The lowest BCUT2D eigenvalue weighted by molar-refractivity contribution is -0.145. The summed E-state index contributed by atoms with van der Waals surface area (Å²) in [6.07, 6.45) is 2.67. The predicted octanol–water partition coefficient (Wildman–Crippen LogP) is 1.22. The topological polar surface area (TPSA) is 56.3 Å². The molecule has 0 aliphatic heterocycles. The van der Waals surface area contributed by atoms with Gasteiger partial charge in [-0.3, -0.25) is 14.6 Å². The van der Waals surface area contributed by atoms with E-state index in [4.69, 9.17) is 0 Å². The second-order valence-electron chi connectivity index (χ2n) is 3.62. The van der Waals surface area contributed by atoms with E-state index in [-0.39, 0.29) is 5.78 Å². The number of hydrogen-bond donors (Lipinski definition) is 0. The van der Waals surface area contributed by atoms with Gasteiger partial charge >= 0.3 is 5.97 Å². The van der Waals surface area contributed by atoms with E-state index in [0.29, 0.717) is 18.5 Å². The molecule has 0 radical (unpaired) electrons. The number of hydrogen-bond acceptors (Lipinski definition) is 4. The van der Waals surface area contributed by atoms with Gasteiger partial charge in [-0.2, -0.15) is 0 Å². The molecule has 2 rings (SSSR count). The Kier molecular flexibility index (Phi) is 2.26. The summed E-state index contributed by atoms with van der Waals surface area (Å²) in [5, 5.41) is 0. The lowest BCUT2D eigenvalue weighted by Crippen LogP contribution is -2.27. The van der Waals surface area contributed by atoms with Crippen molar-refractivity contribution in [1.82, 2.24) is 4.98 Å². The molecule has 0 spiro atoms. The fraction of sp³-hybridized carbons (Fsp3) is 0.364. The highest BCUT2D eigenvalue weighted by Crippen LogP contribution is 2.48. The predicted molar refractivity (Wildman–Crippen MR) is 52.3 cm³/mol. The van der Waals surface area contributed by atoms with Gasteiger partial charge in [0.05, 0.1) is 7.11 Å². The summed E-state index contributed by atoms with van der Waals surface area (Å²) in [5.74, 6) is -0.673. The molecule has 0 aromatic carbocycles. The fourth-order valence-electron chi connectivity index (χ4n) is 1.59. The molecular formula is C11H11NO3. The molecule has 0 bridgehead atoms. The van der Waals surface area contributed by atoms with E-state index in [1.165, 1.54) is 7.11 Å². The van der Waals surface area contributed by atoms with Crippen LogP contribution in [0.1, 0.15) is 23.3 Å². The monoisotopic (exact) mass is 205 g/mol. The van der Waals surface area contributed by atoms with Crippen LogP contribution in [0.4, 0.5) is 0 Å². The summed E-state index contributed by atoms with van der Waals surface area (Å²) in [7, 11) is 1.30. The Balaban J connectivity index is 2.26. The molecule has 1 aliphatic rings. The third kappa shape index (κ3) is 1.52. The third-order valence-electron chi connectivity index (χ3n) is 2.66. The zero-order valence-electron chi connectivity index (χ0n) is 8.40. The van der Waals surface area contributed by atoms with Crippen LogP contribution in [0.25, 0.3) is 0 Å². The molecule has 15 heavy (non-hydrogen) atoms. The van der Waals surface area contributed by atoms with Crippen molar-refractivity contribution in [3.05, 3.63) is 30.1 Å². The molecule has 1 fully saturated rings. The number of esters is 1. The van der Waals surface area contributed by atoms with Crippen LogP contribution in [0.2, 0.25) is 0 Å². The molecule has 1 aromatic heterocycles. The minimum atomic E-state index is -0.941. The van der Waals surface area contributed by atoms with Crippen molar-refractivity contribution in [2.45, 2.75) is 12.8 Å². The van der Waals surface area contributed by atoms with Gasteiger partial charge in [0, 0.05) is 6.20 Å². The van der Waals surface area contributed by atoms with Crippen molar-refractivity contribution < 1.29 is 14.3 Å². The Morgan fingerprint density at radius 3 is 2.60 bits per heavy atom. The van der Waals surface area contributed by atoms with Crippen LogP contribution in [-0.4, -0.2) is 23.8 Å². The highest BCUT2D eigenvalue weighted by atomic mass is 16.5. The molecule has 0 saturated heterocycles. The smallest absolute Gasteiger partial charge is 0.319 e. The third-order valence-corrected chi connectivity index (χ3v) is 2.66. The van der Waals surface area contributed by atoms with Crippen LogP contribution in [0.3, 0.4) is 0 Å². The van der Waals surface area contributed by atoms with Gasteiger partial charge < -0.3 is 4.74 Å². The van der Waals surface area contributed by atoms with E-state index in [9.17, 15) is 9.59 Å². The number of Topliss-reactive ketones (excluding diaryl/α,β-unsaturated/α-hetero) is 1. The lowest BCUT2D eigenvalue weighted by atomic mass is 9.98. The Morgan fingerprint density at radius 2 is 2.13 bits per heavy atom. The molecule has 0 unspecified atom stereocenters. The number of methoxy groups -OCH3 is 1. The number of carbonyl (C=O) groups excluding carboxylic acids is 2. The van der Waals surface area contributed by atoms with Gasteiger partial charge in [0.15, 0.2) is 5.78 Å². The zero-order chi connectivity index (χ0) is 10.9. The molecule has 0 N–H and O–H groups in total. The number of aromatic nitrogens is 1. The van der Waals surface area contributed by atoms with E-state index in [1.807, 2.05) is 0 Å². The minimum absolute atomic E-state index is 0.227. The van der Waals surface area contributed by atoms with Gasteiger partial charge in [0.25, 0.3) is 0 Å². The number of nitrogens with zero attached hydrogens (tertiary/aromatic N) is 1. The molecule has 1 heterocycles. The SMILES string of the molecule is COC(=O)C1(C(=O)c2ccccn2)CC1. The standard InChI is InChI=1S/C11H11NO3/c1-15-10(14)11(5-6-11)9(13)8-4-2-3-7-12-8/h2-4,7H,5-6H2,1H3. The van der Waals surface area contributed by atoms with Gasteiger partial charge in [-0.15, -0.1) is 0 Å². The Bertz CT molecular complexity index is 396. The van der Waals surface area contributed by atoms with Crippen molar-refractivity contribution in [1.29, 1.82) is 0 Å². The Morgan fingerprint density at radius 1 is 1.40 bits per heavy atom. The van der Waals surface area contributed by atoms with E-state index < -0.39 is 11.4 Å². The molecule has 4 heteroatoms. The van der Waals surface area contributed by atoms with Gasteiger partial charge in [-0.05, 0) is 25.0 Å². The van der Waals surface area contributed by atoms with Crippen molar-refractivity contribution in [2.75, 3.05) is 7.11 Å². The Hall–Kier alpha value is -1.71. The molecule has 78 valence electrons. The molecule has 1 aromatic rings. The summed E-state index contributed by atoms with van der Waals surface area (Å²) < 4.78 is 4.63. The van der Waals surface area contributed by atoms with Crippen molar-refractivity contribution in [2.24, 2.45) is 5.41 Å².